The fraction of sp³-hybridized carbons (Fsp3) is 0.312. The molecule has 0 spiro atoms. The number of halogens is 4. The molecule has 0 fully saturated rings. The normalized spacial score (nSPS) is 13.7. The molecular formula is C16H14Cl3FN2O2. The third-order valence-corrected chi connectivity index (χ3v) is 4.63. The molecule has 0 amide bonds. The van der Waals surface area contributed by atoms with Crippen LogP contribution in [0.2, 0.25) is 10.2 Å². The average molecular weight is 392 g/mol. The van der Waals surface area contributed by atoms with Gasteiger partial charge >= 0.3 is 0 Å². The molecule has 1 aromatic carbocycles. The topological polar surface area (TPSA) is 36.2 Å². The Labute approximate surface area is 153 Å². The van der Waals surface area contributed by atoms with Crippen molar-refractivity contribution in [2.45, 2.75) is 25.9 Å². The van der Waals surface area contributed by atoms with Crippen molar-refractivity contribution in [1.29, 1.82) is 0 Å². The summed E-state index contributed by atoms with van der Waals surface area (Å²) in [5.74, 6) is -0.431. The van der Waals surface area contributed by atoms with Crippen LogP contribution in [0.15, 0.2) is 28.5 Å². The largest absolute Gasteiger partial charge is 0.486 e. The average Bonchev–Trinajstić information content (AvgIpc) is 2.79. The minimum atomic E-state index is -0.639. The number of rotatable bonds is 4. The second-order valence-electron chi connectivity index (χ2n) is 5.49. The summed E-state index contributed by atoms with van der Waals surface area (Å²) in [5.41, 5.74) is -0.158. The fourth-order valence-electron chi connectivity index (χ4n) is 2.74. The first-order valence-corrected chi connectivity index (χ1v) is 8.48. The van der Waals surface area contributed by atoms with Gasteiger partial charge in [-0.3, -0.25) is 9.48 Å². The number of nitrogens with zero attached hydrogens (tertiary/aromatic N) is 2. The highest BCUT2D eigenvalue weighted by Crippen LogP contribution is 2.36. The predicted octanol–water partition coefficient (Wildman–Crippen LogP) is 4.69. The van der Waals surface area contributed by atoms with Gasteiger partial charge in [0.25, 0.3) is 5.56 Å². The Bertz CT molecular complexity index is 873. The third-order valence-electron chi connectivity index (χ3n) is 3.84. The van der Waals surface area contributed by atoms with Crippen LogP contribution in [0.5, 0.6) is 5.75 Å². The molecule has 0 N–H and O–H groups in total. The van der Waals surface area contributed by atoms with Crippen LogP contribution in [0.3, 0.4) is 0 Å². The molecule has 2 heterocycles. The van der Waals surface area contributed by atoms with Gasteiger partial charge in [-0.25, -0.2) is 9.07 Å². The van der Waals surface area contributed by atoms with Crippen molar-refractivity contribution < 1.29 is 9.13 Å². The lowest BCUT2D eigenvalue weighted by molar-refractivity contribution is 0.356. The Balaban J connectivity index is 2.13. The van der Waals surface area contributed by atoms with E-state index < -0.39 is 5.82 Å². The summed E-state index contributed by atoms with van der Waals surface area (Å²) in [6.07, 6.45) is 1.80. The fourth-order valence-corrected chi connectivity index (χ4v) is 3.36. The molecule has 4 nitrogen and oxygen atoms in total. The molecule has 1 aliphatic rings. The summed E-state index contributed by atoms with van der Waals surface area (Å²) >= 11 is 18.0. The number of ether oxygens (including phenoxy) is 1. The first-order valence-electron chi connectivity index (χ1n) is 7.34. The molecule has 1 aromatic heterocycles. The summed E-state index contributed by atoms with van der Waals surface area (Å²) in [6.45, 7) is 4.72. The van der Waals surface area contributed by atoms with Crippen LogP contribution < -0.4 is 10.3 Å². The highest BCUT2D eigenvalue weighted by molar-refractivity contribution is 6.33. The van der Waals surface area contributed by atoms with E-state index in [0.29, 0.717) is 13.1 Å². The summed E-state index contributed by atoms with van der Waals surface area (Å²) in [7, 11) is 0. The Morgan fingerprint density at radius 1 is 1.25 bits per heavy atom. The lowest BCUT2D eigenvalue weighted by Crippen LogP contribution is -2.27. The second-order valence-corrected chi connectivity index (χ2v) is 6.79. The molecule has 0 saturated heterocycles. The standard InChI is InChI=1S/C16H14Cl3FN2O2/c1-9(17)8-24-13-6-10(12(20)7-11(13)18)14-15(19)21-4-2-3-5-22(21)16(14)23/h6-7H,1-5,8H2. The molecule has 0 saturated carbocycles. The maximum absolute atomic E-state index is 14.4. The molecule has 24 heavy (non-hydrogen) atoms. The van der Waals surface area contributed by atoms with Crippen molar-refractivity contribution in [3.63, 3.8) is 0 Å². The van der Waals surface area contributed by atoms with E-state index >= 15 is 0 Å². The molecule has 3 rings (SSSR count). The molecule has 0 aliphatic carbocycles. The zero-order valence-corrected chi connectivity index (χ0v) is 14.9. The zero-order chi connectivity index (χ0) is 17.4. The van der Waals surface area contributed by atoms with Crippen LogP contribution in [0.1, 0.15) is 12.8 Å². The van der Waals surface area contributed by atoms with Crippen LogP contribution in [0.4, 0.5) is 4.39 Å². The minimum Gasteiger partial charge on any atom is -0.486 e. The zero-order valence-electron chi connectivity index (χ0n) is 12.6. The smallest absolute Gasteiger partial charge is 0.276 e. The Morgan fingerprint density at radius 3 is 2.54 bits per heavy atom. The quantitative estimate of drug-likeness (QED) is 0.758. The van der Waals surface area contributed by atoms with Crippen molar-refractivity contribution in [2.75, 3.05) is 6.61 Å². The Morgan fingerprint density at radius 2 is 1.92 bits per heavy atom. The van der Waals surface area contributed by atoms with Gasteiger partial charge in [-0.15, -0.1) is 0 Å². The van der Waals surface area contributed by atoms with E-state index in [9.17, 15) is 9.18 Å². The second kappa shape index (κ2) is 6.82. The highest BCUT2D eigenvalue weighted by Gasteiger charge is 2.25. The lowest BCUT2D eigenvalue weighted by Gasteiger charge is -2.17. The molecule has 2 aromatic rings. The van der Waals surface area contributed by atoms with Crippen molar-refractivity contribution >= 4 is 34.8 Å². The van der Waals surface area contributed by atoms with E-state index in [1.807, 2.05) is 0 Å². The van der Waals surface area contributed by atoms with Crippen LogP contribution in [-0.2, 0) is 13.1 Å². The maximum atomic E-state index is 14.4. The molecule has 1 aliphatic heterocycles. The molecule has 0 radical (unpaired) electrons. The van der Waals surface area contributed by atoms with Gasteiger partial charge in [0.05, 0.1) is 10.6 Å². The number of hydrogen-bond acceptors (Lipinski definition) is 2. The van der Waals surface area contributed by atoms with Crippen LogP contribution >= 0.6 is 34.8 Å². The molecule has 0 bridgehead atoms. The van der Waals surface area contributed by atoms with Crippen molar-refractivity contribution in [3.8, 4) is 16.9 Å². The van der Waals surface area contributed by atoms with E-state index in [-0.39, 0.29) is 44.3 Å². The van der Waals surface area contributed by atoms with Gasteiger partial charge in [0, 0.05) is 23.7 Å². The van der Waals surface area contributed by atoms with Crippen LogP contribution in [0.25, 0.3) is 11.1 Å². The molecule has 128 valence electrons. The lowest BCUT2D eigenvalue weighted by atomic mass is 10.1. The van der Waals surface area contributed by atoms with Gasteiger partial charge in [-0.2, -0.15) is 0 Å². The van der Waals surface area contributed by atoms with Crippen LogP contribution in [0, 0.1) is 5.82 Å². The summed E-state index contributed by atoms with van der Waals surface area (Å²) in [4.78, 5) is 12.6. The molecule has 0 unspecified atom stereocenters. The van der Waals surface area contributed by atoms with E-state index in [4.69, 9.17) is 39.5 Å². The molecule has 0 atom stereocenters. The van der Waals surface area contributed by atoms with Crippen LogP contribution in [-0.4, -0.2) is 16.0 Å². The first-order chi connectivity index (χ1) is 11.4. The van der Waals surface area contributed by atoms with Crippen molar-refractivity contribution in [3.05, 3.63) is 50.1 Å². The number of aromatic nitrogens is 2. The van der Waals surface area contributed by atoms with Gasteiger partial charge in [0.1, 0.15) is 23.3 Å². The van der Waals surface area contributed by atoms with Crippen molar-refractivity contribution in [2.24, 2.45) is 0 Å². The molecule has 8 heteroatoms. The summed E-state index contributed by atoms with van der Waals surface area (Å²) in [5, 5.41) is 0.567. The van der Waals surface area contributed by atoms with Crippen molar-refractivity contribution in [1.82, 2.24) is 9.36 Å². The highest BCUT2D eigenvalue weighted by atomic mass is 35.5. The van der Waals surface area contributed by atoms with Gasteiger partial charge in [-0.05, 0) is 25.0 Å². The minimum absolute atomic E-state index is 0.0192. The van der Waals surface area contributed by atoms with E-state index in [1.165, 1.54) is 10.7 Å². The SMILES string of the molecule is C=C(Cl)COc1cc(-c2c(Cl)n3n(c2=O)CCCC3)c(F)cc1Cl. The third kappa shape index (κ3) is 3.08. The first kappa shape index (κ1) is 17.4. The monoisotopic (exact) mass is 390 g/mol. The van der Waals surface area contributed by atoms with E-state index in [2.05, 4.69) is 6.58 Å². The molecular weight excluding hydrogens is 378 g/mol. The van der Waals surface area contributed by atoms with E-state index in [1.54, 1.807) is 4.68 Å². The predicted molar refractivity (Wildman–Crippen MR) is 93.8 cm³/mol. The Kier molecular flexibility index (Phi) is 4.95. The number of hydrogen-bond donors (Lipinski definition) is 0. The number of fused-ring (bicyclic) bond motifs is 1. The maximum Gasteiger partial charge on any atom is 0.276 e. The van der Waals surface area contributed by atoms with Gasteiger partial charge in [0.2, 0.25) is 0 Å². The Hall–Kier alpha value is -1.43. The summed E-state index contributed by atoms with van der Waals surface area (Å²) in [6, 6.07) is 2.47. The number of benzene rings is 1. The van der Waals surface area contributed by atoms with Gasteiger partial charge in [-0.1, -0.05) is 41.4 Å². The van der Waals surface area contributed by atoms with Gasteiger partial charge < -0.3 is 4.74 Å². The van der Waals surface area contributed by atoms with E-state index in [0.717, 1.165) is 18.9 Å². The summed E-state index contributed by atoms with van der Waals surface area (Å²) < 4.78 is 23.1. The van der Waals surface area contributed by atoms with Gasteiger partial charge in [0.15, 0.2) is 0 Å².